The molecule has 4 saturated carbocycles. The molecule has 0 radical (unpaired) electrons. The van der Waals surface area contributed by atoms with Crippen LogP contribution in [0, 0.1) is 17.8 Å². The van der Waals surface area contributed by atoms with Crippen molar-refractivity contribution in [3.63, 3.8) is 0 Å². The minimum Gasteiger partial charge on any atom is -0.455 e. The summed E-state index contributed by atoms with van der Waals surface area (Å²) in [6.07, 6.45) is 2.66. The molecule has 4 bridgehead atoms. The SMILES string of the molecule is CC(F)(F)C(=O)OC12CC3CC(C1)C1(OCC(F)(F)CO1)C(C3)C2. The normalized spacial score (nSPS) is 42.3. The molecule has 8 heteroatoms. The van der Waals surface area contributed by atoms with E-state index in [1.54, 1.807) is 0 Å². The lowest BCUT2D eigenvalue weighted by Crippen LogP contribution is -2.69. The average Bonchev–Trinajstić information content (AvgIpc) is 2.44. The van der Waals surface area contributed by atoms with Crippen molar-refractivity contribution in [1.29, 1.82) is 0 Å². The zero-order chi connectivity index (χ0) is 17.4. The molecule has 4 nitrogen and oxygen atoms in total. The highest BCUT2D eigenvalue weighted by molar-refractivity contribution is 5.77. The van der Waals surface area contributed by atoms with Gasteiger partial charge in [-0.05, 0) is 38.0 Å². The van der Waals surface area contributed by atoms with E-state index in [2.05, 4.69) is 0 Å². The van der Waals surface area contributed by atoms with Gasteiger partial charge in [0.05, 0.1) is 0 Å². The van der Waals surface area contributed by atoms with Crippen molar-refractivity contribution >= 4 is 5.97 Å². The maximum Gasteiger partial charge on any atom is 0.377 e. The van der Waals surface area contributed by atoms with Gasteiger partial charge in [-0.15, -0.1) is 0 Å². The van der Waals surface area contributed by atoms with E-state index in [1.807, 2.05) is 0 Å². The van der Waals surface area contributed by atoms with Gasteiger partial charge in [0.1, 0.15) is 18.8 Å². The predicted molar refractivity (Wildman–Crippen MR) is 72.6 cm³/mol. The third-order valence-corrected chi connectivity index (χ3v) is 5.96. The quantitative estimate of drug-likeness (QED) is 0.566. The number of alkyl halides is 4. The summed E-state index contributed by atoms with van der Waals surface area (Å²) in [5, 5.41) is 0. The molecule has 5 aliphatic rings. The summed E-state index contributed by atoms with van der Waals surface area (Å²) in [5.74, 6) is -9.34. The molecule has 24 heavy (non-hydrogen) atoms. The van der Waals surface area contributed by atoms with Crippen LogP contribution in [0.4, 0.5) is 17.6 Å². The largest absolute Gasteiger partial charge is 0.455 e. The first-order valence-electron chi connectivity index (χ1n) is 8.31. The molecule has 1 spiro atoms. The predicted octanol–water partition coefficient (Wildman–Crippen LogP) is 3.14. The topological polar surface area (TPSA) is 44.8 Å². The molecule has 1 saturated heterocycles. The van der Waals surface area contributed by atoms with Crippen LogP contribution in [-0.4, -0.2) is 42.4 Å². The van der Waals surface area contributed by atoms with Gasteiger partial charge in [0.15, 0.2) is 5.79 Å². The van der Waals surface area contributed by atoms with E-state index in [0.29, 0.717) is 26.2 Å². The first kappa shape index (κ1) is 16.6. The molecule has 5 rings (SSSR count). The third kappa shape index (κ3) is 2.44. The monoisotopic (exact) mass is 352 g/mol. The molecule has 1 heterocycles. The Morgan fingerprint density at radius 1 is 1.08 bits per heavy atom. The molecule has 1 aliphatic heterocycles. The summed E-state index contributed by atoms with van der Waals surface area (Å²) >= 11 is 0. The number of ether oxygens (including phenoxy) is 3. The van der Waals surface area contributed by atoms with Gasteiger partial charge in [-0.25, -0.2) is 13.6 Å². The van der Waals surface area contributed by atoms with Crippen LogP contribution in [0.2, 0.25) is 0 Å². The number of hydrogen-bond donors (Lipinski definition) is 0. The Bertz CT molecular complexity index is 531. The van der Waals surface area contributed by atoms with Crippen molar-refractivity contribution in [1.82, 2.24) is 0 Å². The molecule has 0 aromatic heterocycles. The van der Waals surface area contributed by atoms with E-state index in [-0.39, 0.29) is 17.8 Å². The Hall–Kier alpha value is -0.890. The second-order valence-corrected chi connectivity index (χ2v) is 7.96. The number of rotatable bonds is 2. The molecule has 2 unspecified atom stereocenters. The molecular weight excluding hydrogens is 332 g/mol. The van der Waals surface area contributed by atoms with E-state index in [1.165, 1.54) is 0 Å². The fourth-order valence-electron chi connectivity index (χ4n) is 5.26. The molecule has 0 N–H and O–H groups in total. The van der Waals surface area contributed by atoms with Crippen LogP contribution in [0.15, 0.2) is 0 Å². The fraction of sp³-hybridized carbons (Fsp3) is 0.938. The highest BCUT2D eigenvalue weighted by Crippen LogP contribution is 2.63. The Morgan fingerprint density at radius 3 is 2.12 bits per heavy atom. The lowest BCUT2D eigenvalue weighted by Gasteiger charge is -2.64. The Morgan fingerprint density at radius 2 is 1.62 bits per heavy atom. The van der Waals surface area contributed by atoms with Crippen LogP contribution in [0.25, 0.3) is 0 Å². The van der Waals surface area contributed by atoms with Gasteiger partial charge in [0, 0.05) is 18.8 Å². The van der Waals surface area contributed by atoms with Gasteiger partial charge >= 0.3 is 11.9 Å². The molecule has 0 aromatic carbocycles. The molecule has 0 aromatic rings. The maximum atomic E-state index is 13.4. The van der Waals surface area contributed by atoms with Crippen LogP contribution >= 0.6 is 0 Å². The highest BCUT2D eigenvalue weighted by Gasteiger charge is 2.67. The number of hydrogen-bond acceptors (Lipinski definition) is 4. The summed E-state index contributed by atoms with van der Waals surface area (Å²) in [6.45, 7) is -0.859. The molecule has 2 atom stereocenters. The molecular formula is C16H20F4O4. The Balaban J connectivity index is 1.56. The van der Waals surface area contributed by atoms with Crippen LogP contribution in [-0.2, 0) is 19.0 Å². The molecule has 0 amide bonds. The minimum absolute atomic E-state index is 0.210. The minimum atomic E-state index is -3.54. The summed E-state index contributed by atoms with van der Waals surface area (Å²) in [5.41, 5.74) is -0.940. The van der Waals surface area contributed by atoms with Gasteiger partial charge in [-0.2, -0.15) is 8.78 Å². The van der Waals surface area contributed by atoms with E-state index in [4.69, 9.17) is 14.2 Å². The van der Waals surface area contributed by atoms with Crippen LogP contribution < -0.4 is 0 Å². The zero-order valence-corrected chi connectivity index (χ0v) is 13.3. The number of carbonyl (C=O) groups excluding carboxylic acids is 1. The number of halogens is 4. The summed E-state index contributed by atoms with van der Waals surface area (Å²) < 4.78 is 69.5. The van der Waals surface area contributed by atoms with Gasteiger partial charge < -0.3 is 14.2 Å². The molecule has 4 aliphatic carbocycles. The first-order chi connectivity index (χ1) is 11.0. The summed E-state index contributed by atoms with van der Waals surface area (Å²) in [7, 11) is 0. The van der Waals surface area contributed by atoms with Gasteiger partial charge in [0.25, 0.3) is 5.92 Å². The average molecular weight is 352 g/mol. The van der Waals surface area contributed by atoms with Gasteiger partial charge in [0.2, 0.25) is 0 Å². The Labute approximate surface area is 136 Å². The van der Waals surface area contributed by atoms with Crippen molar-refractivity contribution in [3.8, 4) is 0 Å². The van der Waals surface area contributed by atoms with Crippen LogP contribution in [0.1, 0.15) is 39.0 Å². The van der Waals surface area contributed by atoms with Crippen molar-refractivity contribution in [2.45, 2.75) is 62.3 Å². The van der Waals surface area contributed by atoms with E-state index in [9.17, 15) is 22.4 Å². The lowest BCUT2D eigenvalue weighted by atomic mass is 9.51. The number of carbonyl (C=O) groups is 1. The standard InChI is InChI=1S/C16H20F4O4/c1-13(17,18)12(21)24-14-4-9-2-10(5-14)16(11(3-9)6-14)22-7-15(19,20)8-23-16/h9-11H,2-8H2,1H3. The first-order valence-corrected chi connectivity index (χ1v) is 8.31. The summed E-state index contributed by atoms with van der Waals surface area (Å²) in [6, 6.07) is 0. The lowest BCUT2D eigenvalue weighted by molar-refractivity contribution is -0.405. The fourth-order valence-corrected chi connectivity index (χ4v) is 5.26. The van der Waals surface area contributed by atoms with Crippen LogP contribution in [0.3, 0.4) is 0 Å². The highest BCUT2D eigenvalue weighted by atomic mass is 19.3. The molecule has 136 valence electrons. The molecule has 5 fully saturated rings. The van der Waals surface area contributed by atoms with Crippen LogP contribution in [0.5, 0.6) is 0 Å². The van der Waals surface area contributed by atoms with E-state index >= 15 is 0 Å². The zero-order valence-electron chi connectivity index (χ0n) is 13.3. The number of esters is 1. The summed E-state index contributed by atoms with van der Waals surface area (Å²) in [4.78, 5) is 11.7. The van der Waals surface area contributed by atoms with E-state index < -0.39 is 42.4 Å². The van der Waals surface area contributed by atoms with Crippen molar-refractivity contribution < 1.29 is 36.6 Å². The Kier molecular flexibility index (Phi) is 3.34. The third-order valence-electron chi connectivity index (χ3n) is 5.96. The van der Waals surface area contributed by atoms with Crippen molar-refractivity contribution in [3.05, 3.63) is 0 Å². The smallest absolute Gasteiger partial charge is 0.377 e. The van der Waals surface area contributed by atoms with Crippen molar-refractivity contribution in [2.75, 3.05) is 13.2 Å². The maximum absolute atomic E-state index is 13.4. The van der Waals surface area contributed by atoms with Gasteiger partial charge in [-0.3, -0.25) is 0 Å². The van der Waals surface area contributed by atoms with E-state index in [0.717, 1.165) is 12.8 Å². The second kappa shape index (κ2) is 4.84. The van der Waals surface area contributed by atoms with Gasteiger partial charge in [-0.1, -0.05) is 0 Å². The second-order valence-electron chi connectivity index (χ2n) is 7.96. The van der Waals surface area contributed by atoms with Crippen molar-refractivity contribution in [2.24, 2.45) is 17.8 Å².